The summed E-state index contributed by atoms with van der Waals surface area (Å²) >= 11 is 2.18. The first-order valence-corrected chi connectivity index (χ1v) is 14.8. The summed E-state index contributed by atoms with van der Waals surface area (Å²) in [4.78, 5) is 58.6. The van der Waals surface area contributed by atoms with E-state index in [0.29, 0.717) is 29.3 Å². The average molecular weight is 662 g/mol. The minimum atomic E-state index is -1.17. The van der Waals surface area contributed by atoms with Gasteiger partial charge in [-0.1, -0.05) is 29.8 Å². The Morgan fingerprint density at radius 3 is 2.27 bits per heavy atom. The summed E-state index contributed by atoms with van der Waals surface area (Å²) in [6.45, 7) is 1.51. The third-order valence-corrected chi connectivity index (χ3v) is 10.2. The molecule has 1 saturated carbocycles. The first-order valence-electron chi connectivity index (χ1n) is 13.7. The van der Waals surface area contributed by atoms with Gasteiger partial charge in [0.2, 0.25) is 23.6 Å². The van der Waals surface area contributed by atoms with Crippen molar-refractivity contribution < 1.29 is 28.7 Å². The number of para-hydroxylation sites is 1. The lowest BCUT2D eigenvalue weighted by atomic mass is 9.52. The number of hydrogen-bond donors (Lipinski definition) is 1. The average Bonchev–Trinajstić information content (AvgIpc) is 3.61. The van der Waals surface area contributed by atoms with E-state index >= 15 is 0 Å². The normalized spacial score (nSPS) is 30.8. The van der Waals surface area contributed by atoms with E-state index in [4.69, 9.17) is 4.42 Å². The zero-order valence-electron chi connectivity index (χ0n) is 22.2. The van der Waals surface area contributed by atoms with Crippen molar-refractivity contribution in [2.75, 3.05) is 9.80 Å². The maximum absolute atomic E-state index is 14.3. The van der Waals surface area contributed by atoms with E-state index in [9.17, 15) is 24.3 Å². The maximum atomic E-state index is 14.3. The summed E-state index contributed by atoms with van der Waals surface area (Å²) in [6, 6.07) is 19.6. The maximum Gasteiger partial charge on any atom is 0.241 e. The number of aliphatic hydroxyl groups excluding tert-OH is 1. The molecule has 3 aromatic rings. The standard InChI is InChI=1S/C32H27IN2O6/c1-32-24(29(38)35(31(32)40)18-5-3-2-4-6-18)15-23-21(27(32)25-14-11-20(16-36)41-25)12-13-22-26(23)30(39)34(28(22)37)19-9-7-17(33)8-10-19/h2-12,14,22-24,26-27,36H,13,15-16H2,1H3. The van der Waals surface area contributed by atoms with Crippen LogP contribution in [-0.4, -0.2) is 28.7 Å². The summed E-state index contributed by atoms with van der Waals surface area (Å²) in [5.74, 6) is -3.27. The van der Waals surface area contributed by atoms with Crippen LogP contribution in [0, 0.1) is 32.7 Å². The van der Waals surface area contributed by atoms with Gasteiger partial charge < -0.3 is 9.52 Å². The first kappa shape index (κ1) is 26.3. The number of nitrogens with zero attached hydrogens (tertiary/aromatic N) is 2. The van der Waals surface area contributed by atoms with E-state index < -0.39 is 35.0 Å². The molecular formula is C32H27IN2O6. The van der Waals surface area contributed by atoms with Gasteiger partial charge in [-0.3, -0.25) is 24.1 Å². The SMILES string of the molecule is CC12C(=O)N(c3ccccc3)C(=O)C1CC1C(=CCC3C(=O)N(c4ccc(I)cc4)C(=O)C31)C2c1ccc(CO)o1. The summed E-state index contributed by atoms with van der Waals surface area (Å²) in [5.41, 5.74) is 0.716. The van der Waals surface area contributed by atoms with Crippen molar-refractivity contribution in [3.05, 3.63) is 93.5 Å². The van der Waals surface area contributed by atoms with Crippen LogP contribution in [0.2, 0.25) is 0 Å². The molecule has 0 spiro atoms. The van der Waals surface area contributed by atoms with Gasteiger partial charge in [-0.25, -0.2) is 4.90 Å². The Balaban J connectivity index is 1.35. The van der Waals surface area contributed by atoms with Crippen LogP contribution < -0.4 is 9.80 Å². The second kappa shape index (κ2) is 9.49. The van der Waals surface area contributed by atoms with E-state index in [1.807, 2.05) is 31.2 Å². The Hall–Kier alpha value is -3.57. The zero-order valence-corrected chi connectivity index (χ0v) is 24.4. The van der Waals surface area contributed by atoms with E-state index in [-0.39, 0.29) is 36.7 Å². The number of benzene rings is 2. The molecule has 1 N–H and O–H groups in total. The van der Waals surface area contributed by atoms with Crippen molar-refractivity contribution in [1.82, 2.24) is 0 Å². The van der Waals surface area contributed by atoms with Gasteiger partial charge >= 0.3 is 0 Å². The fourth-order valence-electron chi connectivity index (χ4n) is 7.62. The minimum Gasteiger partial charge on any atom is -0.463 e. The molecule has 2 aliphatic carbocycles. The van der Waals surface area contributed by atoms with E-state index in [0.717, 1.165) is 9.14 Å². The molecule has 8 nitrogen and oxygen atoms in total. The molecule has 4 aliphatic rings. The van der Waals surface area contributed by atoms with Crippen LogP contribution in [0.5, 0.6) is 0 Å². The molecule has 2 aromatic carbocycles. The van der Waals surface area contributed by atoms with Gasteiger partial charge in [0.1, 0.15) is 18.1 Å². The van der Waals surface area contributed by atoms with Crippen molar-refractivity contribution in [2.24, 2.45) is 29.1 Å². The highest BCUT2D eigenvalue weighted by Gasteiger charge is 2.68. The van der Waals surface area contributed by atoms with Gasteiger partial charge in [0.05, 0.1) is 40.5 Å². The molecule has 0 bridgehead atoms. The third-order valence-electron chi connectivity index (χ3n) is 9.50. The van der Waals surface area contributed by atoms with Crippen LogP contribution in [0.4, 0.5) is 11.4 Å². The van der Waals surface area contributed by atoms with Crippen LogP contribution in [0.3, 0.4) is 0 Å². The van der Waals surface area contributed by atoms with Crippen molar-refractivity contribution in [3.63, 3.8) is 0 Å². The largest absolute Gasteiger partial charge is 0.463 e. The second-order valence-electron chi connectivity index (χ2n) is 11.4. The van der Waals surface area contributed by atoms with Crippen molar-refractivity contribution in [2.45, 2.75) is 32.3 Å². The van der Waals surface area contributed by atoms with Gasteiger partial charge in [0, 0.05) is 3.57 Å². The van der Waals surface area contributed by atoms with Crippen LogP contribution in [0.25, 0.3) is 0 Å². The van der Waals surface area contributed by atoms with Crippen molar-refractivity contribution >= 4 is 57.6 Å². The first-order chi connectivity index (χ1) is 19.8. The van der Waals surface area contributed by atoms with Gasteiger partial charge in [0.15, 0.2) is 0 Å². The quantitative estimate of drug-likeness (QED) is 0.244. The van der Waals surface area contributed by atoms with E-state index in [2.05, 4.69) is 22.6 Å². The highest BCUT2D eigenvalue weighted by molar-refractivity contribution is 14.1. The Kier molecular flexibility index (Phi) is 6.09. The van der Waals surface area contributed by atoms with Gasteiger partial charge in [0.25, 0.3) is 0 Å². The number of rotatable bonds is 4. The molecule has 1 aromatic heterocycles. The Morgan fingerprint density at radius 2 is 1.59 bits per heavy atom. The lowest BCUT2D eigenvalue weighted by molar-refractivity contribution is -0.131. The fourth-order valence-corrected chi connectivity index (χ4v) is 7.98. The molecule has 208 valence electrons. The molecule has 6 atom stereocenters. The summed E-state index contributed by atoms with van der Waals surface area (Å²) in [7, 11) is 0. The predicted octanol–water partition coefficient (Wildman–Crippen LogP) is 4.81. The molecule has 2 aliphatic heterocycles. The highest BCUT2D eigenvalue weighted by Crippen LogP contribution is 2.63. The third kappa shape index (κ3) is 3.67. The Morgan fingerprint density at radius 1 is 0.878 bits per heavy atom. The number of fused-ring (bicyclic) bond motifs is 4. The predicted molar refractivity (Wildman–Crippen MR) is 157 cm³/mol. The molecular weight excluding hydrogens is 635 g/mol. The Bertz CT molecular complexity index is 1630. The molecule has 0 radical (unpaired) electrons. The molecule has 6 unspecified atom stereocenters. The van der Waals surface area contributed by atoms with E-state index in [1.165, 1.54) is 9.80 Å². The second-order valence-corrected chi connectivity index (χ2v) is 12.7. The van der Waals surface area contributed by atoms with Crippen LogP contribution >= 0.6 is 22.6 Å². The number of anilines is 2. The summed E-state index contributed by atoms with van der Waals surface area (Å²) in [6.07, 6.45) is 2.63. The lowest BCUT2D eigenvalue weighted by Crippen LogP contribution is -2.48. The highest BCUT2D eigenvalue weighted by atomic mass is 127. The Labute approximate surface area is 250 Å². The van der Waals surface area contributed by atoms with Crippen LogP contribution in [0.1, 0.15) is 37.2 Å². The zero-order chi connectivity index (χ0) is 28.6. The number of aliphatic hydroxyl groups is 1. The van der Waals surface area contributed by atoms with Gasteiger partial charge in [-0.05, 0) is 96.8 Å². The molecule has 3 heterocycles. The summed E-state index contributed by atoms with van der Waals surface area (Å²) in [5, 5.41) is 9.73. The van der Waals surface area contributed by atoms with Gasteiger partial charge in [-0.2, -0.15) is 0 Å². The molecule has 4 amide bonds. The molecule has 9 heteroatoms. The monoisotopic (exact) mass is 662 g/mol. The number of amides is 4. The number of allylic oxidation sites excluding steroid dienone is 2. The fraction of sp³-hybridized carbons (Fsp3) is 0.312. The van der Waals surface area contributed by atoms with Crippen molar-refractivity contribution in [3.8, 4) is 0 Å². The molecule has 41 heavy (non-hydrogen) atoms. The number of halogens is 1. The number of carbonyl (C=O) groups is 4. The summed E-state index contributed by atoms with van der Waals surface area (Å²) < 4.78 is 7.04. The number of hydrogen-bond acceptors (Lipinski definition) is 6. The lowest BCUT2D eigenvalue weighted by Gasteiger charge is -2.48. The van der Waals surface area contributed by atoms with Crippen LogP contribution in [0.15, 0.2) is 82.8 Å². The number of carbonyl (C=O) groups excluding carboxylic acids is 4. The van der Waals surface area contributed by atoms with Gasteiger partial charge in [-0.15, -0.1) is 0 Å². The topological polar surface area (TPSA) is 108 Å². The minimum absolute atomic E-state index is 0.235. The van der Waals surface area contributed by atoms with E-state index in [1.54, 1.807) is 48.5 Å². The molecule has 2 saturated heterocycles. The van der Waals surface area contributed by atoms with Crippen molar-refractivity contribution in [1.29, 1.82) is 0 Å². The smallest absolute Gasteiger partial charge is 0.241 e. The molecule has 3 fully saturated rings. The molecule has 7 rings (SSSR count). The number of imide groups is 2. The van der Waals surface area contributed by atoms with Crippen LogP contribution in [-0.2, 0) is 25.8 Å². The number of furan rings is 1.